The van der Waals surface area contributed by atoms with Crippen LogP contribution in [0.4, 0.5) is 0 Å². The summed E-state index contributed by atoms with van der Waals surface area (Å²) in [7, 11) is 0. The van der Waals surface area contributed by atoms with Crippen LogP contribution >= 0.6 is 22.9 Å². The molecule has 1 amide bonds. The number of hydrogen-bond acceptors (Lipinski definition) is 3. The zero-order valence-electron chi connectivity index (χ0n) is 11.2. The number of nitrogens with zero attached hydrogens (tertiary/aromatic N) is 1. The summed E-state index contributed by atoms with van der Waals surface area (Å²) < 4.78 is 5.64. The number of carbonyl (C=O) groups excluding carboxylic acids is 1. The second kappa shape index (κ2) is 7.27. The Bertz CT molecular complexity index is 390. The molecule has 2 heterocycles. The van der Waals surface area contributed by atoms with Gasteiger partial charge in [-0.2, -0.15) is 0 Å². The van der Waals surface area contributed by atoms with Gasteiger partial charge in [0.05, 0.1) is 12.6 Å². The topological polar surface area (TPSA) is 29.5 Å². The average Bonchev–Trinajstić information content (AvgIpc) is 3.09. The van der Waals surface area contributed by atoms with Gasteiger partial charge in [-0.3, -0.25) is 4.79 Å². The molecule has 19 heavy (non-hydrogen) atoms. The lowest BCUT2D eigenvalue weighted by Gasteiger charge is -2.27. The van der Waals surface area contributed by atoms with E-state index in [1.54, 1.807) is 11.3 Å². The Kier molecular flexibility index (Phi) is 5.67. The second-order valence-electron chi connectivity index (χ2n) is 4.99. The smallest absolute Gasteiger partial charge is 0.227 e. The first-order valence-corrected chi connectivity index (χ1v) is 8.11. The van der Waals surface area contributed by atoms with E-state index in [-0.39, 0.29) is 17.9 Å². The lowest BCUT2D eigenvalue weighted by Crippen LogP contribution is -2.40. The van der Waals surface area contributed by atoms with E-state index < -0.39 is 0 Å². The summed E-state index contributed by atoms with van der Waals surface area (Å²) in [5.41, 5.74) is 0. The van der Waals surface area contributed by atoms with Gasteiger partial charge in [-0.05, 0) is 24.3 Å². The highest BCUT2D eigenvalue weighted by Crippen LogP contribution is 2.19. The van der Waals surface area contributed by atoms with E-state index in [0.717, 1.165) is 19.4 Å². The predicted octanol–water partition coefficient (Wildman–Crippen LogP) is 3.13. The fourth-order valence-corrected chi connectivity index (χ4v) is 3.09. The molecule has 5 heteroatoms. The molecule has 1 saturated heterocycles. The fraction of sp³-hybridized carbons (Fsp3) is 0.643. The largest absolute Gasteiger partial charge is 0.376 e. The predicted molar refractivity (Wildman–Crippen MR) is 78.6 cm³/mol. The molecule has 0 saturated carbocycles. The van der Waals surface area contributed by atoms with Gasteiger partial charge in [0.25, 0.3) is 0 Å². The van der Waals surface area contributed by atoms with Crippen molar-refractivity contribution in [1.29, 1.82) is 0 Å². The monoisotopic (exact) mass is 301 g/mol. The van der Waals surface area contributed by atoms with Crippen molar-refractivity contribution in [3.63, 3.8) is 0 Å². The normalized spacial score (nSPS) is 20.4. The third kappa shape index (κ3) is 4.20. The Morgan fingerprint density at radius 1 is 1.68 bits per heavy atom. The second-order valence-corrected chi connectivity index (χ2v) is 6.33. The first-order chi connectivity index (χ1) is 9.20. The van der Waals surface area contributed by atoms with Crippen LogP contribution in [0.15, 0.2) is 17.5 Å². The third-order valence-electron chi connectivity index (χ3n) is 3.34. The van der Waals surface area contributed by atoms with Crippen molar-refractivity contribution in [2.45, 2.75) is 32.4 Å². The van der Waals surface area contributed by atoms with Gasteiger partial charge in [0, 0.05) is 29.8 Å². The molecule has 2 unspecified atom stereocenters. The maximum Gasteiger partial charge on any atom is 0.227 e. The summed E-state index contributed by atoms with van der Waals surface area (Å²) in [6.07, 6.45) is 2.33. The number of rotatable bonds is 6. The van der Waals surface area contributed by atoms with Crippen molar-refractivity contribution >= 4 is 28.8 Å². The third-order valence-corrected chi connectivity index (χ3v) is 4.66. The SMILES string of the molecule is CC(CCl)C(=O)N(Cc1cccs1)CC1CCCO1. The number of hydrogen-bond donors (Lipinski definition) is 0. The van der Waals surface area contributed by atoms with Crippen LogP contribution in [0.5, 0.6) is 0 Å². The number of carbonyl (C=O) groups is 1. The Hall–Kier alpha value is -0.580. The molecule has 2 rings (SSSR count). The molecule has 1 aromatic heterocycles. The quantitative estimate of drug-likeness (QED) is 0.756. The van der Waals surface area contributed by atoms with Crippen LogP contribution < -0.4 is 0 Å². The Morgan fingerprint density at radius 3 is 3.11 bits per heavy atom. The first kappa shape index (κ1) is 14.8. The number of alkyl halides is 1. The van der Waals surface area contributed by atoms with E-state index in [0.29, 0.717) is 19.0 Å². The molecule has 1 aliphatic rings. The van der Waals surface area contributed by atoms with Crippen LogP contribution in [-0.2, 0) is 16.1 Å². The van der Waals surface area contributed by atoms with Crippen LogP contribution in [0.25, 0.3) is 0 Å². The molecule has 0 spiro atoms. The molecular formula is C14H20ClNO2S. The molecule has 0 bridgehead atoms. The van der Waals surface area contributed by atoms with E-state index in [1.807, 2.05) is 23.3 Å². The first-order valence-electron chi connectivity index (χ1n) is 6.69. The van der Waals surface area contributed by atoms with Crippen LogP contribution in [0.3, 0.4) is 0 Å². The molecule has 1 aromatic rings. The van der Waals surface area contributed by atoms with Crippen LogP contribution in [0.1, 0.15) is 24.6 Å². The minimum Gasteiger partial charge on any atom is -0.376 e. The van der Waals surface area contributed by atoms with Crippen molar-refractivity contribution < 1.29 is 9.53 Å². The van der Waals surface area contributed by atoms with E-state index in [9.17, 15) is 4.79 Å². The molecule has 106 valence electrons. The van der Waals surface area contributed by atoms with Crippen LogP contribution in [0, 0.1) is 5.92 Å². The highest BCUT2D eigenvalue weighted by atomic mass is 35.5. The molecule has 0 radical (unpaired) electrons. The van der Waals surface area contributed by atoms with Gasteiger partial charge >= 0.3 is 0 Å². The number of ether oxygens (including phenoxy) is 1. The highest BCUT2D eigenvalue weighted by molar-refractivity contribution is 7.09. The van der Waals surface area contributed by atoms with Gasteiger partial charge in [0.2, 0.25) is 5.91 Å². The van der Waals surface area contributed by atoms with E-state index >= 15 is 0 Å². The van der Waals surface area contributed by atoms with Crippen LogP contribution in [0.2, 0.25) is 0 Å². The summed E-state index contributed by atoms with van der Waals surface area (Å²) >= 11 is 7.49. The standard InChI is InChI=1S/C14H20ClNO2S/c1-11(8-15)14(17)16(9-12-4-2-6-18-12)10-13-5-3-7-19-13/h3,5,7,11-12H,2,4,6,8-10H2,1H3. The molecule has 0 N–H and O–H groups in total. The van der Waals surface area contributed by atoms with Crippen molar-refractivity contribution in [3.8, 4) is 0 Å². The lowest BCUT2D eigenvalue weighted by molar-refractivity contribution is -0.136. The maximum absolute atomic E-state index is 12.4. The molecule has 0 aliphatic carbocycles. The minimum absolute atomic E-state index is 0.124. The number of thiophene rings is 1. The molecule has 2 atom stereocenters. The van der Waals surface area contributed by atoms with Crippen molar-refractivity contribution in [2.24, 2.45) is 5.92 Å². The Balaban J connectivity index is 2.00. The summed E-state index contributed by atoms with van der Waals surface area (Å²) in [5.74, 6) is 0.354. The molecular weight excluding hydrogens is 282 g/mol. The summed E-state index contributed by atoms with van der Waals surface area (Å²) in [4.78, 5) is 15.5. The van der Waals surface area contributed by atoms with Crippen molar-refractivity contribution in [1.82, 2.24) is 4.90 Å². The molecule has 1 aliphatic heterocycles. The van der Waals surface area contributed by atoms with Gasteiger partial charge in [-0.1, -0.05) is 13.0 Å². The molecule has 1 fully saturated rings. The van der Waals surface area contributed by atoms with E-state index in [2.05, 4.69) is 6.07 Å². The Labute approximate surface area is 123 Å². The van der Waals surface area contributed by atoms with Crippen LogP contribution in [-0.4, -0.2) is 35.9 Å². The average molecular weight is 302 g/mol. The number of halogens is 1. The van der Waals surface area contributed by atoms with E-state index in [4.69, 9.17) is 16.3 Å². The van der Waals surface area contributed by atoms with Crippen molar-refractivity contribution in [2.75, 3.05) is 19.0 Å². The van der Waals surface area contributed by atoms with Gasteiger partial charge < -0.3 is 9.64 Å². The highest BCUT2D eigenvalue weighted by Gasteiger charge is 2.25. The Morgan fingerprint density at radius 2 is 2.53 bits per heavy atom. The van der Waals surface area contributed by atoms with Gasteiger partial charge in [0.15, 0.2) is 0 Å². The van der Waals surface area contributed by atoms with Crippen molar-refractivity contribution in [3.05, 3.63) is 22.4 Å². The lowest BCUT2D eigenvalue weighted by atomic mass is 10.1. The van der Waals surface area contributed by atoms with Gasteiger partial charge in [0.1, 0.15) is 0 Å². The zero-order chi connectivity index (χ0) is 13.7. The fourth-order valence-electron chi connectivity index (χ4n) is 2.23. The maximum atomic E-state index is 12.4. The van der Waals surface area contributed by atoms with E-state index in [1.165, 1.54) is 4.88 Å². The molecule has 0 aromatic carbocycles. The summed E-state index contributed by atoms with van der Waals surface area (Å²) in [6.45, 7) is 4.04. The molecule has 3 nitrogen and oxygen atoms in total. The zero-order valence-corrected chi connectivity index (χ0v) is 12.8. The van der Waals surface area contributed by atoms with Gasteiger partial charge in [-0.15, -0.1) is 22.9 Å². The minimum atomic E-state index is -0.136. The summed E-state index contributed by atoms with van der Waals surface area (Å²) in [6, 6.07) is 4.07. The number of amides is 1. The summed E-state index contributed by atoms with van der Waals surface area (Å²) in [5, 5.41) is 2.04. The van der Waals surface area contributed by atoms with Gasteiger partial charge in [-0.25, -0.2) is 0 Å².